The van der Waals surface area contributed by atoms with Crippen LogP contribution in [0.5, 0.6) is 0 Å². The Morgan fingerprint density at radius 3 is 2.59 bits per heavy atom. The molecule has 11 heteroatoms. The first-order valence-corrected chi connectivity index (χ1v) is 10.5. The zero-order chi connectivity index (χ0) is 22.8. The highest BCUT2D eigenvalue weighted by molar-refractivity contribution is 7.99. The van der Waals surface area contributed by atoms with Crippen molar-refractivity contribution >= 4 is 34.1 Å². The molecule has 0 aliphatic heterocycles. The summed E-state index contributed by atoms with van der Waals surface area (Å²) in [7, 11) is 3.36. The molecule has 2 aromatic heterocycles. The number of anilines is 1. The fourth-order valence-electron chi connectivity index (χ4n) is 3.19. The Bertz CT molecular complexity index is 1380. The molecule has 0 aliphatic carbocycles. The van der Waals surface area contributed by atoms with E-state index in [1.54, 1.807) is 30.8 Å². The SMILES string of the molecule is Cn1c(Cc2nn(C)c(=O)c3ccccc23)nnc1SCC(=O)Nc1ccc(F)cc1F. The number of halogens is 2. The minimum atomic E-state index is -0.846. The quantitative estimate of drug-likeness (QED) is 0.449. The number of thioether (sulfide) groups is 1. The smallest absolute Gasteiger partial charge is 0.274 e. The summed E-state index contributed by atoms with van der Waals surface area (Å²) in [5.74, 6) is -1.46. The van der Waals surface area contributed by atoms with Crippen LogP contribution in [0, 0.1) is 11.6 Å². The van der Waals surface area contributed by atoms with Gasteiger partial charge in [-0.2, -0.15) is 5.10 Å². The molecule has 0 aliphatic rings. The lowest BCUT2D eigenvalue weighted by atomic mass is 10.1. The molecule has 1 N–H and O–H groups in total. The Balaban J connectivity index is 1.47. The van der Waals surface area contributed by atoms with Gasteiger partial charge in [0, 0.05) is 25.5 Å². The number of rotatable bonds is 6. The van der Waals surface area contributed by atoms with E-state index in [-0.39, 0.29) is 17.0 Å². The lowest BCUT2D eigenvalue weighted by Crippen LogP contribution is -2.22. The van der Waals surface area contributed by atoms with Gasteiger partial charge < -0.3 is 9.88 Å². The maximum atomic E-state index is 13.7. The predicted molar refractivity (Wildman–Crippen MR) is 117 cm³/mol. The molecule has 0 fully saturated rings. The highest BCUT2D eigenvalue weighted by Crippen LogP contribution is 2.21. The molecule has 0 atom stereocenters. The van der Waals surface area contributed by atoms with E-state index in [4.69, 9.17) is 0 Å². The average molecular weight is 456 g/mol. The number of hydrogen-bond donors (Lipinski definition) is 1. The lowest BCUT2D eigenvalue weighted by Gasteiger charge is -2.08. The highest BCUT2D eigenvalue weighted by Gasteiger charge is 2.16. The van der Waals surface area contributed by atoms with Crippen LogP contribution in [-0.2, 0) is 25.3 Å². The van der Waals surface area contributed by atoms with Crippen molar-refractivity contribution in [3.63, 3.8) is 0 Å². The number of aryl methyl sites for hydroxylation is 1. The Labute approximate surface area is 185 Å². The van der Waals surface area contributed by atoms with Gasteiger partial charge in [-0.1, -0.05) is 30.0 Å². The van der Waals surface area contributed by atoms with E-state index in [0.717, 1.165) is 29.3 Å². The van der Waals surface area contributed by atoms with Gasteiger partial charge in [0.05, 0.1) is 28.9 Å². The van der Waals surface area contributed by atoms with Gasteiger partial charge in [-0.15, -0.1) is 10.2 Å². The largest absolute Gasteiger partial charge is 0.323 e. The molecule has 8 nitrogen and oxygen atoms in total. The molecule has 0 radical (unpaired) electrons. The zero-order valence-corrected chi connectivity index (χ0v) is 18.0. The van der Waals surface area contributed by atoms with Crippen molar-refractivity contribution in [1.29, 1.82) is 0 Å². The van der Waals surface area contributed by atoms with E-state index in [9.17, 15) is 18.4 Å². The number of nitrogens with zero attached hydrogens (tertiary/aromatic N) is 5. The first kappa shape index (κ1) is 21.6. The van der Waals surface area contributed by atoms with E-state index in [2.05, 4.69) is 20.6 Å². The molecule has 2 heterocycles. The summed E-state index contributed by atoms with van der Waals surface area (Å²) >= 11 is 1.13. The van der Waals surface area contributed by atoms with Crippen molar-refractivity contribution in [2.45, 2.75) is 11.6 Å². The van der Waals surface area contributed by atoms with Crippen LogP contribution in [0.1, 0.15) is 11.5 Å². The molecule has 4 aromatic rings. The number of carbonyl (C=O) groups is 1. The number of benzene rings is 2. The van der Waals surface area contributed by atoms with Crippen LogP contribution in [0.2, 0.25) is 0 Å². The standard InChI is InChI=1S/C21H18F2N6O2S/c1-28-18(10-17-13-5-3-4-6-14(13)20(31)29(2)27-17)25-26-21(28)32-11-19(30)24-16-8-7-12(22)9-15(16)23/h3-9H,10-11H2,1-2H3,(H,24,30). The van der Waals surface area contributed by atoms with Gasteiger partial charge in [0.2, 0.25) is 5.91 Å². The van der Waals surface area contributed by atoms with Gasteiger partial charge in [0.1, 0.15) is 17.5 Å². The van der Waals surface area contributed by atoms with Gasteiger partial charge in [0.25, 0.3) is 5.56 Å². The van der Waals surface area contributed by atoms with Crippen molar-refractivity contribution in [3.05, 3.63) is 76.0 Å². The van der Waals surface area contributed by atoms with Gasteiger partial charge in [0.15, 0.2) is 5.16 Å². The molecule has 0 saturated heterocycles. The molecule has 2 aromatic carbocycles. The zero-order valence-electron chi connectivity index (χ0n) is 17.2. The fraction of sp³-hybridized carbons (Fsp3) is 0.190. The van der Waals surface area contributed by atoms with Gasteiger partial charge in [-0.25, -0.2) is 13.5 Å². The second kappa shape index (κ2) is 8.87. The topological polar surface area (TPSA) is 94.7 Å². The van der Waals surface area contributed by atoms with E-state index in [0.29, 0.717) is 34.5 Å². The summed E-state index contributed by atoms with van der Waals surface area (Å²) in [4.78, 5) is 24.5. The number of hydrogen-bond acceptors (Lipinski definition) is 6. The minimum absolute atomic E-state index is 0.0379. The van der Waals surface area contributed by atoms with Crippen LogP contribution in [0.3, 0.4) is 0 Å². The highest BCUT2D eigenvalue weighted by atomic mass is 32.2. The van der Waals surface area contributed by atoms with E-state index < -0.39 is 17.5 Å². The molecule has 0 spiro atoms. The summed E-state index contributed by atoms with van der Waals surface area (Å²) in [6.45, 7) is 0. The molecule has 1 amide bonds. The fourth-order valence-corrected chi connectivity index (χ4v) is 3.92. The number of carbonyl (C=O) groups excluding carboxylic acids is 1. The van der Waals surface area contributed by atoms with Crippen LogP contribution >= 0.6 is 11.8 Å². The lowest BCUT2D eigenvalue weighted by molar-refractivity contribution is -0.113. The average Bonchev–Trinajstić information content (AvgIpc) is 3.11. The van der Waals surface area contributed by atoms with Crippen molar-refractivity contribution in [2.75, 3.05) is 11.1 Å². The Hall–Kier alpha value is -3.60. The summed E-state index contributed by atoms with van der Waals surface area (Å²) in [6.07, 6.45) is 0.339. The third-order valence-electron chi connectivity index (χ3n) is 4.82. The van der Waals surface area contributed by atoms with Crippen molar-refractivity contribution in [3.8, 4) is 0 Å². The van der Waals surface area contributed by atoms with E-state index in [1.165, 1.54) is 4.68 Å². The van der Waals surface area contributed by atoms with Gasteiger partial charge in [-0.05, 0) is 18.2 Å². The number of nitrogens with one attached hydrogen (secondary N) is 1. The maximum Gasteiger partial charge on any atom is 0.274 e. The van der Waals surface area contributed by atoms with Crippen LogP contribution in [0.4, 0.5) is 14.5 Å². The Kier molecular flexibility index (Phi) is 5.99. The van der Waals surface area contributed by atoms with Crippen molar-refractivity contribution < 1.29 is 13.6 Å². The maximum absolute atomic E-state index is 13.7. The van der Waals surface area contributed by atoms with Crippen LogP contribution in [0.25, 0.3) is 10.8 Å². The second-order valence-corrected chi connectivity index (χ2v) is 7.96. The summed E-state index contributed by atoms with van der Waals surface area (Å²) in [5.41, 5.74) is 0.407. The molecule has 0 bridgehead atoms. The normalized spacial score (nSPS) is 11.1. The minimum Gasteiger partial charge on any atom is -0.323 e. The molecule has 4 rings (SSSR count). The van der Waals surface area contributed by atoms with Crippen LogP contribution < -0.4 is 10.9 Å². The molecular formula is C21H18F2N6O2S. The Morgan fingerprint density at radius 1 is 1.09 bits per heavy atom. The molecule has 32 heavy (non-hydrogen) atoms. The monoisotopic (exact) mass is 456 g/mol. The predicted octanol–water partition coefficient (Wildman–Crippen LogP) is 2.66. The molecule has 0 unspecified atom stereocenters. The first-order chi connectivity index (χ1) is 15.3. The van der Waals surface area contributed by atoms with E-state index in [1.807, 2.05) is 12.1 Å². The Morgan fingerprint density at radius 2 is 1.84 bits per heavy atom. The third-order valence-corrected chi connectivity index (χ3v) is 5.84. The molecular weight excluding hydrogens is 438 g/mol. The number of amides is 1. The van der Waals surface area contributed by atoms with E-state index >= 15 is 0 Å². The summed E-state index contributed by atoms with van der Waals surface area (Å²) in [5, 5.41) is 16.9. The summed E-state index contributed by atoms with van der Waals surface area (Å²) in [6, 6.07) is 10.2. The van der Waals surface area contributed by atoms with Crippen LogP contribution in [0.15, 0.2) is 52.4 Å². The van der Waals surface area contributed by atoms with Crippen molar-refractivity contribution in [2.24, 2.45) is 14.1 Å². The third kappa shape index (κ3) is 4.37. The van der Waals surface area contributed by atoms with Crippen molar-refractivity contribution in [1.82, 2.24) is 24.5 Å². The molecule has 164 valence electrons. The molecule has 0 saturated carbocycles. The van der Waals surface area contributed by atoms with Crippen LogP contribution in [-0.4, -0.2) is 36.2 Å². The first-order valence-electron chi connectivity index (χ1n) is 9.54. The summed E-state index contributed by atoms with van der Waals surface area (Å²) < 4.78 is 29.7. The number of fused-ring (bicyclic) bond motifs is 1. The van der Waals surface area contributed by atoms with Gasteiger partial charge in [-0.3, -0.25) is 9.59 Å². The van der Waals surface area contributed by atoms with Gasteiger partial charge >= 0.3 is 0 Å². The number of aromatic nitrogens is 5. The second-order valence-electron chi connectivity index (χ2n) is 7.02.